The van der Waals surface area contributed by atoms with E-state index in [4.69, 9.17) is 16.3 Å². The van der Waals surface area contributed by atoms with Crippen molar-refractivity contribution in [2.24, 2.45) is 10.9 Å². The quantitative estimate of drug-likeness (QED) is 0.165. The van der Waals surface area contributed by atoms with Gasteiger partial charge in [-0.15, -0.1) is 0 Å². The van der Waals surface area contributed by atoms with E-state index in [2.05, 4.69) is 10.0 Å². The highest BCUT2D eigenvalue weighted by Gasteiger charge is 2.17. The number of benzene rings is 3. The number of nitrogens with one attached hydrogen (secondary N) is 3. The number of nitrogen functional groups attached to an aromatic ring is 1. The number of primary sulfonamides is 1. The normalized spacial score (nSPS) is 11.7. The third-order valence-corrected chi connectivity index (χ3v) is 7.25. The van der Waals surface area contributed by atoms with E-state index < -0.39 is 26.0 Å². The van der Waals surface area contributed by atoms with E-state index in [1.165, 1.54) is 36.4 Å². The van der Waals surface area contributed by atoms with E-state index in [1.54, 1.807) is 36.4 Å². The van der Waals surface area contributed by atoms with Crippen LogP contribution in [-0.4, -0.2) is 41.7 Å². The Labute approximate surface area is 197 Å². The van der Waals surface area contributed by atoms with E-state index in [1.807, 2.05) is 0 Å². The number of nitrogens with two attached hydrogens (primary N) is 2. The second-order valence-corrected chi connectivity index (χ2v) is 10.5. The molecule has 0 atom stereocenters. The fraction of sp³-hybridized carbons (Fsp3) is 0.0909. The van der Waals surface area contributed by atoms with Gasteiger partial charge in [-0.3, -0.25) is 10.2 Å². The minimum atomic E-state index is -3.95. The molecule has 0 aromatic heterocycles. The summed E-state index contributed by atoms with van der Waals surface area (Å²) in [5, 5.41) is 15.3. The van der Waals surface area contributed by atoms with Crippen molar-refractivity contribution >= 4 is 31.8 Å². The molecule has 0 spiro atoms. The first-order valence-corrected chi connectivity index (χ1v) is 13.0. The van der Waals surface area contributed by atoms with Crippen LogP contribution in [-0.2, 0) is 20.0 Å². The molecule has 3 aromatic rings. The fourth-order valence-corrected chi connectivity index (χ4v) is 4.93. The van der Waals surface area contributed by atoms with Gasteiger partial charge in [0.05, 0.1) is 9.79 Å². The van der Waals surface area contributed by atoms with Crippen LogP contribution < -0.4 is 20.9 Å². The predicted octanol–water partition coefficient (Wildman–Crippen LogP) is 0.993. The van der Waals surface area contributed by atoms with Gasteiger partial charge in [0.25, 0.3) is 5.91 Å². The van der Waals surface area contributed by atoms with Gasteiger partial charge in [0.15, 0.2) is 0 Å². The molecular weight excluding hydrogens is 478 g/mol. The molecule has 34 heavy (non-hydrogen) atoms. The van der Waals surface area contributed by atoms with Crippen LogP contribution in [0.2, 0.25) is 0 Å². The first-order chi connectivity index (χ1) is 16.0. The monoisotopic (exact) mass is 501 g/mol. The van der Waals surface area contributed by atoms with Crippen molar-refractivity contribution in [3.8, 4) is 11.1 Å². The van der Waals surface area contributed by atoms with E-state index >= 15 is 0 Å². The van der Waals surface area contributed by atoms with Crippen LogP contribution in [0.15, 0.2) is 82.6 Å². The Kier molecular flexibility index (Phi) is 7.47. The molecule has 0 radical (unpaired) electrons. The molecule has 0 aliphatic heterocycles. The van der Waals surface area contributed by atoms with Gasteiger partial charge in [0, 0.05) is 29.8 Å². The van der Waals surface area contributed by atoms with E-state index in [9.17, 15) is 21.6 Å². The zero-order chi connectivity index (χ0) is 24.9. The number of carbonyl (C=O) groups is 1. The van der Waals surface area contributed by atoms with Crippen LogP contribution in [0.25, 0.3) is 11.1 Å². The van der Waals surface area contributed by atoms with Gasteiger partial charge in [-0.25, -0.2) is 26.7 Å². The highest BCUT2D eigenvalue weighted by Crippen LogP contribution is 2.27. The standard InChI is InChI=1S/C22H23N5O5S2/c23-21(24)16-4-3-5-17(14-16)22(28)26-12-13-27-34(31,32)18-10-8-15(9-11-18)19-6-1-2-7-20(19)33(25,29)30/h1-11,14,27H,12-13H2,(H3,23,24)(H,26,28)(H2,25,29,30). The van der Waals surface area contributed by atoms with Gasteiger partial charge in [0.1, 0.15) is 5.84 Å². The lowest BCUT2D eigenvalue weighted by molar-refractivity contribution is 0.0954. The van der Waals surface area contributed by atoms with Gasteiger partial charge in [-0.1, -0.05) is 42.5 Å². The topological polar surface area (TPSA) is 185 Å². The van der Waals surface area contributed by atoms with Crippen LogP contribution in [0.5, 0.6) is 0 Å². The van der Waals surface area contributed by atoms with Crippen molar-refractivity contribution < 1.29 is 21.6 Å². The summed E-state index contributed by atoms with van der Waals surface area (Å²) in [7, 11) is -7.82. The van der Waals surface area contributed by atoms with Crippen molar-refractivity contribution in [3.05, 3.63) is 83.9 Å². The summed E-state index contributed by atoms with van der Waals surface area (Å²) in [6.45, 7) is -0.0291. The van der Waals surface area contributed by atoms with E-state index in [0.717, 1.165) is 0 Å². The highest BCUT2D eigenvalue weighted by atomic mass is 32.2. The first-order valence-electron chi connectivity index (χ1n) is 9.93. The Morgan fingerprint density at radius 3 is 2.15 bits per heavy atom. The van der Waals surface area contributed by atoms with Gasteiger partial charge in [0.2, 0.25) is 20.0 Å². The summed E-state index contributed by atoms with van der Waals surface area (Å²) in [5.41, 5.74) is 6.97. The molecule has 0 bridgehead atoms. The number of rotatable bonds is 9. The number of amidine groups is 1. The summed E-state index contributed by atoms with van der Waals surface area (Å²) in [6, 6.07) is 18.1. The number of hydrogen-bond donors (Lipinski definition) is 5. The molecule has 12 heteroatoms. The Balaban J connectivity index is 1.63. The van der Waals surface area contributed by atoms with Crippen molar-refractivity contribution in [2.45, 2.75) is 9.79 Å². The van der Waals surface area contributed by atoms with Gasteiger partial charge >= 0.3 is 0 Å². The van der Waals surface area contributed by atoms with Gasteiger partial charge in [-0.2, -0.15) is 0 Å². The molecular formula is C22H23N5O5S2. The summed E-state index contributed by atoms with van der Waals surface area (Å²) in [5.74, 6) is -0.596. The molecule has 0 aliphatic rings. The minimum absolute atomic E-state index is 0.0233. The number of amides is 1. The SMILES string of the molecule is N=C(N)c1cccc(C(=O)NCCNS(=O)(=O)c2ccc(-c3ccccc3S(N)(=O)=O)cc2)c1. The molecule has 0 unspecified atom stereocenters. The zero-order valence-corrected chi connectivity index (χ0v) is 19.5. The summed E-state index contributed by atoms with van der Waals surface area (Å²) < 4.78 is 51.1. The summed E-state index contributed by atoms with van der Waals surface area (Å²) in [4.78, 5) is 12.1. The molecule has 0 saturated carbocycles. The van der Waals surface area contributed by atoms with Crippen molar-refractivity contribution in [2.75, 3.05) is 13.1 Å². The van der Waals surface area contributed by atoms with Gasteiger partial charge < -0.3 is 11.1 Å². The Morgan fingerprint density at radius 2 is 1.50 bits per heavy atom. The van der Waals surface area contributed by atoms with E-state index in [-0.39, 0.29) is 28.7 Å². The maximum Gasteiger partial charge on any atom is 0.251 e. The first kappa shape index (κ1) is 25.1. The molecule has 0 saturated heterocycles. The van der Waals surface area contributed by atoms with E-state index in [0.29, 0.717) is 22.3 Å². The molecule has 0 fully saturated rings. The summed E-state index contributed by atoms with van der Waals surface area (Å²) >= 11 is 0. The lowest BCUT2D eigenvalue weighted by Gasteiger charge is -2.11. The lowest BCUT2D eigenvalue weighted by Crippen LogP contribution is -2.34. The molecule has 10 nitrogen and oxygen atoms in total. The third-order valence-electron chi connectivity index (χ3n) is 4.81. The van der Waals surface area contributed by atoms with Crippen LogP contribution in [0, 0.1) is 5.41 Å². The Hall–Kier alpha value is -3.58. The fourth-order valence-electron chi connectivity index (χ4n) is 3.14. The Bertz CT molecular complexity index is 1440. The average molecular weight is 502 g/mol. The number of hydrogen-bond acceptors (Lipinski definition) is 6. The largest absolute Gasteiger partial charge is 0.384 e. The molecule has 7 N–H and O–H groups in total. The summed E-state index contributed by atoms with van der Waals surface area (Å²) in [6.07, 6.45) is 0. The molecule has 3 rings (SSSR count). The zero-order valence-electron chi connectivity index (χ0n) is 17.9. The molecule has 0 heterocycles. The lowest BCUT2D eigenvalue weighted by atomic mass is 10.1. The number of sulfonamides is 2. The second kappa shape index (κ2) is 10.1. The number of carbonyl (C=O) groups excluding carboxylic acids is 1. The van der Waals surface area contributed by atoms with Crippen molar-refractivity contribution in [1.82, 2.24) is 10.0 Å². The average Bonchev–Trinajstić information content (AvgIpc) is 2.81. The molecule has 178 valence electrons. The van der Waals surface area contributed by atoms with Crippen molar-refractivity contribution in [1.29, 1.82) is 5.41 Å². The van der Waals surface area contributed by atoms with Gasteiger partial charge in [-0.05, 0) is 35.9 Å². The maximum atomic E-state index is 12.6. The minimum Gasteiger partial charge on any atom is -0.384 e. The van der Waals surface area contributed by atoms with Crippen LogP contribution in [0.4, 0.5) is 0 Å². The maximum absolute atomic E-state index is 12.6. The molecule has 3 aromatic carbocycles. The molecule has 0 aliphatic carbocycles. The van der Waals surface area contributed by atoms with Crippen molar-refractivity contribution in [3.63, 3.8) is 0 Å². The Morgan fingerprint density at radius 1 is 0.853 bits per heavy atom. The van der Waals surface area contributed by atoms with Crippen LogP contribution in [0.3, 0.4) is 0 Å². The third kappa shape index (κ3) is 6.05. The highest BCUT2D eigenvalue weighted by molar-refractivity contribution is 7.89. The predicted molar refractivity (Wildman–Crippen MR) is 128 cm³/mol. The van der Waals surface area contributed by atoms with Crippen LogP contribution >= 0.6 is 0 Å². The second-order valence-electron chi connectivity index (χ2n) is 7.21. The molecule has 1 amide bonds. The van der Waals surface area contributed by atoms with Crippen LogP contribution in [0.1, 0.15) is 15.9 Å². The smallest absolute Gasteiger partial charge is 0.251 e.